The molecule has 130 valence electrons. The molecular weight excluding hydrogens is 336 g/mol. The van der Waals surface area contributed by atoms with Crippen LogP contribution in [0.25, 0.3) is 0 Å². The van der Waals surface area contributed by atoms with Gasteiger partial charge in [-0.05, 0) is 55.1 Å². The second kappa shape index (κ2) is 7.19. The Morgan fingerprint density at radius 3 is 2.48 bits per heavy atom. The highest BCUT2D eigenvalue weighted by molar-refractivity contribution is 7.98. The Kier molecular flexibility index (Phi) is 4.99. The van der Waals surface area contributed by atoms with Crippen molar-refractivity contribution >= 4 is 29.4 Å². The van der Waals surface area contributed by atoms with Crippen LogP contribution in [0.1, 0.15) is 12.5 Å². The Morgan fingerprint density at radius 1 is 1.12 bits per heavy atom. The van der Waals surface area contributed by atoms with E-state index in [1.165, 1.54) is 4.90 Å². The molecule has 0 radical (unpaired) electrons. The number of anilines is 1. The Hall–Kier alpha value is -2.47. The molecule has 2 aromatic carbocycles. The van der Waals surface area contributed by atoms with Gasteiger partial charge in [-0.2, -0.15) is 0 Å². The van der Waals surface area contributed by atoms with Gasteiger partial charge in [-0.1, -0.05) is 12.1 Å². The number of methoxy groups -OCH3 is 1. The molecule has 0 saturated carbocycles. The molecule has 5 nitrogen and oxygen atoms in total. The Morgan fingerprint density at radius 2 is 1.84 bits per heavy atom. The van der Waals surface area contributed by atoms with E-state index in [1.807, 2.05) is 54.8 Å². The Bertz CT molecular complexity index is 792. The molecule has 0 N–H and O–H groups in total. The van der Waals surface area contributed by atoms with E-state index in [-0.39, 0.29) is 11.9 Å². The number of imide groups is 1. The van der Waals surface area contributed by atoms with Gasteiger partial charge < -0.3 is 9.64 Å². The van der Waals surface area contributed by atoms with E-state index >= 15 is 0 Å². The van der Waals surface area contributed by atoms with Gasteiger partial charge in [-0.3, -0.25) is 4.79 Å². The van der Waals surface area contributed by atoms with E-state index in [0.29, 0.717) is 12.2 Å². The maximum absolute atomic E-state index is 12.8. The van der Waals surface area contributed by atoms with Crippen LogP contribution in [-0.2, 0) is 11.3 Å². The SMILES string of the molecule is COc1cccc(CN2C(=O)N(c3ccc(SC)cc3)C(=O)[C@@H]2C)c1. The second-order valence-corrected chi connectivity index (χ2v) is 6.69. The average molecular weight is 356 g/mol. The van der Waals surface area contributed by atoms with Gasteiger partial charge >= 0.3 is 6.03 Å². The minimum Gasteiger partial charge on any atom is -0.497 e. The van der Waals surface area contributed by atoms with Crippen LogP contribution < -0.4 is 9.64 Å². The molecule has 1 fully saturated rings. The zero-order valence-corrected chi connectivity index (χ0v) is 15.2. The van der Waals surface area contributed by atoms with E-state index in [4.69, 9.17) is 4.74 Å². The van der Waals surface area contributed by atoms with Crippen LogP contribution >= 0.6 is 11.8 Å². The zero-order valence-electron chi connectivity index (χ0n) is 14.4. The number of carbonyl (C=O) groups is 2. The third-order valence-corrected chi connectivity index (χ3v) is 5.04. The van der Waals surface area contributed by atoms with Gasteiger partial charge in [0.05, 0.1) is 12.8 Å². The summed E-state index contributed by atoms with van der Waals surface area (Å²) in [5.74, 6) is 0.525. The molecule has 1 heterocycles. The Balaban J connectivity index is 1.84. The molecule has 2 aromatic rings. The van der Waals surface area contributed by atoms with E-state index < -0.39 is 6.04 Å². The third-order valence-electron chi connectivity index (χ3n) is 4.30. The Labute approximate surface area is 151 Å². The van der Waals surface area contributed by atoms with Gasteiger partial charge in [0.25, 0.3) is 5.91 Å². The van der Waals surface area contributed by atoms with Crippen molar-refractivity contribution < 1.29 is 14.3 Å². The fourth-order valence-electron chi connectivity index (χ4n) is 2.85. The van der Waals surface area contributed by atoms with Crippen molar-refractivity contribution in [3.63, 3.8) is 0 Å². The summed E-state index contributed by atoms with van der Waals surface area (Å²) < 4.78 is 5.22. The summed E-state index contributed by atoms with van der Waals surface area (Å²) in [6.07, 6.45) is 1.99. The average Bonchev–Trinajstić information content (AvgIpc) is 2.85. The van der Waals surface area contributed by atoms with Crippen LogP contribution in [-0.4, -0.2) is 36.2 Å². The fraction of sp³-hybridized carbons (Fsp3) is 0.263. The van der Waals surface area contributed by atoms with E-state index in [9.17, 15) is 9.59 Å². The van der Waals surface area contributed by atoms with Gasteiger partial charge in [0, 0.05) is 11.4 Å². The van der Waals surface area contributed by atoms with Gasteiger partial charge in [0.2, 0.25) is 0 Å². The summed E-state index contributed by atoms with van der Waals surface area (Å²) in [6, 6.07) is 14.2. The minimum atomic E-state index is -0.501. The summed E-state index contributed by atoms with van der Waals surface area (Å²) in [7, 11) is 1.60. The number of thioether (sulfide) groups is 1. The summed E-state index contributed by atoms with van der Waals surface area (Å²) >= 11 is 1.62. The molecule has 0 unspecified atom stereocenters. The molecule has 6 heteroatoms. The van der Waals surface area contributed by atoms with Crippen LogP contribution in [0.5, 0.6) is 5.75 Å². The molecular formula is C19H20N2O3S. The zero-order chi connectivity index (χ0) is 18.0. The van der Waals surface area contributed by atoms with Crippen LogP contribution in [0.4, 0.5) is 10.5 Å². The molecule has 0 spiro atoms. The molecule has 3 amide bonds. The summed E-state index contributed by atoms with van der Waals surface area (Å²) in [5, 5.41) is 0. The number of ether oxygens (including phenoxy) is 1. The molecule has 0 aliphatic carbocycles. The van der Waals surface area contributed by atoms with E-state index in [1.54, 1.807) is 30.7 Å². The first-order valence-corrected chi connectivity index (χ1v) is 9.19. The number of hydrogen-bond acceptors (Lipinski definition) is 4. The number of urea groups is 1. The van der Waals surface area contributed by atoms with E-state index in [2.05, 4.69) is 0 Å². The highest BCUT2D eigenvalue weighted by Gasteiger charge is 2.43. The lowest BCUT2D eigenvalue weighted by atomic mass is 10.2. The predicted molar refractivity (Wildman–Crippen MR) is 99.1 cm³/mol. The molecule has 1 aliphatic heterocycles. The first-order chi connectivity index (χ1) is 12.0. The van der Waals surface area contributed by atoms with Gasteiger partial charge in [0.15, 0.2) is 0 Å². The normalized spacial score (nSPS) is 17.3. The second-order valence-electron chi connectivity index (χ2n) is 5.81. The molecule has 25 heavy (non-hydrogen) atoms. The summed E-state index contributed by atoms with van der Waals surface area (Å²) in [4.78, 5) is 29.4. The predicted octanol–water partition coefficient (Wildman–Crippen LogP) is 3.77. The molecule has 1 atom stereocenters. The van der Waals surface area contributed by atoms with Crippen molar-refractivity contribution in [1.82, 2.24) is 4.90 Å². The topological polar surface area (TPSA) is 49.9 Å². The van der Waals surface area contributed by atoms with Crippen LogP contribution in [0.15, 0.2) is 53.4 Å². The number of carbonyl (C=O) groups excluding carboxylic acids is 2. The number of hydrogen-bond donors (Lipinski definition) is 0. The van der Waals surface area contributed by atoms with Crippen molar-refractivity contribution in [2.45, 2.75) is 24.4 Å². The quantitative estimate of drug-likeness (QED) is 0.604. The minimum absolute atomic E-state index is 0.204. The fourth-order valence-corrected chi connectivity index (χ4v) is 3.26. The first-order valence-electron chi connectivity index (χ1n) is 7.96. The van der Waals surface area contributed by atoms with Crippen molar-refractivity contribution in [2.24, 2.45) is 0 Å². The van der Waals surface area contributed by atoms with Crippen LogP contribution in [0.3, 0.4) is 0 Å². The molecule has 1 aliphatic rings. The summed E-state index contributed by atoms with van der Waals surface area (Å²) in [5.41, 5.74) is 1.53. The number of amides is 3. The number of nitrogens with zero attached hydrogens (tertiary/aromatic N) is 2. The van der Waals surface area contributed by atoms with Gasteiger partial charge in [-0.15, -0.1) is 11.8 Å². The highest BCUT2D eigenvalue weighted by atomic mass is 32.2. The molecule has 0 aromatic heterocycles. The largest absolute Gasteiger partial charge is 0.497 e. The van der Waals surface area contributed by atoms with E-state index in [0.717, 1.165) is 16.2 Å². The van der Waals surface area contributed by atoms with Crippen LogP contribution in [0.2, 0.25) is 0 Å². The van der Waals surface area contributed by atoms with Crippen molar-refractivity contribution in [3.05, 3.63) is 54.1 Å². The number of rotatable bonds is 5. The van der Waals surface area contributed by atoms with Crippen molar-refractivity contribution in [1.29, 1.82) is 0 Å². The highest BCUT2D eigenvalue weighted by Crippen LogP contribution is 2.28. The maximum atomic E-state index is 12.8. The van der Waals surface area contributed by atoms with Crippen molar-refractivity contribution in [3.8, 4) is 5.75 Å². The van der Waals surface area contributed by atoms with Crippen molar-refractivity contribution in [2.75, 3.05) is 18.3 Å². The molecule has 3 rings (SSSR count). The third kappa shape index (κ3) is 3.35. The lowest BCUT2D eigenvalue weighted by Crippen LogP contribution is -2.33. The number of benzene rings is 2. The van der Waals surface area contributed by atoms with Gasteiger partial charge in [0.1, 0.15) is 11.8 Å². The molecule has 0 bridgehead atoms. The smallest absolute Gasteiger partial charge is 0.332 e. The lowest BCUT2D eigenvalue weighted by molar-refractivity contribution is -0.119. The van der Waals surface area contributed by atoms with Gasteiger partial charge in [-0.25, -0.2) is 9.69 Å². The first kappa shape index (κ1) is 17.4. The van der Waals surface area contributed by atoms with Crippen LogP contribution in [0, 0.1) is 0 Å². The lowest BCUT2D eigenvalue weighted by Gasteiger charge is -2.19. The summed E-state index contributed by atoms with van der Waals surface area (Å²) in [6.45, 7) is 2.12. The monoisotopic (exact) mass is 356 g/mol. The standard InChI is InChI=1S/C19H20N2O3S/c1-13-18(22)21(15-7-9-17(25-3)10-8-15)19(23)20(13)12-14-5-4-6-16(11-14)24-2/h4-11,13H,12H2,1-3H3/t13-/m0/s1. The molecule has 1 saturated heterocycles. The maximum Gasteiger partial charge on any atom is 0.332 e.